The zero-order valence-corrected chi connectivity index (χ0v) is 14.0. The van der Waals surface area contributed by atoms with E-state index in [2.05, 4.69) is 4.98 Å². The molecule has 1 atom stereocenters. The van der Waals surface area contributed by atoms with Gasteiger partial charge in [0.05, 0.1) is 18.0 Å². The fourth-order valence-corrected chi connectivity index (χ4v) is 3.05. The zero-order chi connectivity index (χ0) is 18.0. The molecule has 8 nitrogen and oxygen atoms in total. The maximum absolute atomic E-state index is 12.5. The molecule has 25 heavy (non-hydrogen) atoms. The van der Waals surface area contributed by atoms with Crippen LogP contribution in [0.15, 0.2) is 30.7 Å². The van der Waals surface area contributed by atoms with Gasteiger partial charge in [-0.15, -0.1) is 0 Å². The lowest BCUT2D eigenvalue weighted by atomic mass is 9.98. The van der Waals surface area contributed by atoms with Crippen molar-refractivity contribution in [1.82, 2.24) is 19.2 Å². The Morgan fingerprint density at radius 2 is 2.16 bits per heavy atom. The van der Waals surface area contributed by atoms with E-state index in [0.29, 0.717) is 24.9 Å². The van der Waals surface area contributed by atoms with E-state index >= 15 is 0 Å². The Balaban J connectivity index is 1.64. The molecule has 2 aromatic rings. The second-order valence-electron chi connectivity index (χ2n) is 6.29. The lowest BCUT2D eigenvalue weighted by molar-refractivity contribution is -0.145. The fraction of sp³-hybridized carbons (Fsp3) is 0.412. The number of hydrogen-bond donors (Lipinski definition) is 1. The van der Waals surface area contributed by atoms with Crippen molar-refractivity contribution in [2.45, 2.75) is 12.8 Å². The Morgan fingerprint density at radius 1 is 1.36 bits per heavy atom. The van der Waals surface area contributed by atoms with Gasteiger partial charge in [-0.05, 0) is 25.0 Å². The van der Waals surface area contributed by atoms with Gasteiger partial charge in [-0.2, -0.15) is 0 Å². The molecule has 8 heteroatoms. The van der Waals surface area contributed by atoms with Crippen LogP contribution in [0.3, 0.4) is 0 Å². The minimum absolute atomic E-state index is 0.0763. The Hall–Kier alpha value is -2.90. The molecule has 3 rings (SSSR count). The molecule has 0 saturated carbocycles. The smallest absolute Gasteiger partial charge is 0.308 e. The largest absolute Gasteiger partial charge is 0.481 e. The number of pyridine rings is 1. The standard InChI is InChI=1S/C17H20N4O4/c1-19(11-15(22)21-7-2-3-13(10-21)17(24)25)16(23)12-4-5-14-18-6-8-20(14)9-12/h4-6,8-9,13H,2-3,7,10-11H2,1H3,(H,24,25). The van der Waals surface area contributed by atoms with E-state index in [1.807, 2.05) is 0 Å². The van der Waals surface area contributed by atoms with Gasteiger partial charge in [0.25, 0.3) is 5.91 Å². The highest BCUT2D eigenvalue weighted by Crippen LogP contribution is 2.17. The number of carbonyl (C=O) groups is 3. The van der Waals surface area contributed by atoms with Gasteiger partial charge in [-0.3, -0.25) is 14.4 Å². The minimum atomic E-state index is -0.879. The Bertz CT molecular complexity index is 816. The number of aromatic nitrogens is 2. The van der Waals surface area contributed by atoms with Crippen LogP contribution in [-0.2, 0) is 9.59 Å². The van der Waals surface area contributed by atoms with Crippen LogP contribution in [0.4, 0.5) is 0 Å². The molecule has 0 aliphatic carbocycles. The highest BCUT2D eigenvalue weighted by atomic mass is 16.4. The molecule has 0 aromatic carbocycles. The normalized spacial score (nSPS) is 17.5. The highest BCUT2D eigenvalue weighted by Gasteiger charge is 2.29. The molecule has 2 aromatic heterocycles. The molecule has 1 aliphatic rings. The van der Waals surface area contributed by atoms with Gasteiger partial charge in [0.2, 0.25) is 5.91 Å². The van der Waals surface area contributed by atoms with Crippen molar-refractivity contribution in [3.05, 3.63) is 36.3 Å². The predicted octanol–water partition coefficient (Wildman–Crippen LogP) is 0.729. The summed E-state index contributed by atoms with van der Waals surface area (Å²) in [6.07, 6.45) is 6.31. The van der Waals surface area contributed by atoms with Gasteiger partial charge in [-0.1, -0.05) is 0 Å². The van der Waals surface area contributed by atoms with Crippen molar-refractivity contribution in [2.75, 3.05) is 26.7 Å². The van der Waals surface area contributed by atoms with Crippen molar-refractivity contribution in [1.29, 1.82) is 0 Å². The maximum Gasteiger partial charge on any atom is 0.308 e. The molecule has 1 aliphatic heterocycles. The van der Waals surface area contributed by atoms with Gasteiger partial charge in [0, 0.05) is 38.7 Å². The lowest BCUT2D eigenvalue weighted by Gasteiger charge is -2.32. The number of imidazole rings is 1. The average Bonchev–Trinajstić information content (AvgIpc) is 3.08. The zero-order valence-electron chi connectivity index (χ0n) is 14.0. The first-order valence-electron chi connectivity index (χ1n) is 8.14. The number of hydrogen-bond acceptors (Lipinski definition) is 4. The molecule has 1 unspecified atom stereocenters. The summed E-state index contributed by atoms with van der Waals surface area (Å²) in [5.74, 6) is -1.90. The highest BCUT2D eigenvalue weighted by molar-refractivity contribution is 5.96. The number of rotatable bonds is 4. The molecule has 2 amide bonds. The third-order valence-electron chi connectivity index (χ3n) is 4.48. The fourth-order valence-electron chi connectivity index (χ4n) is 3.05. The Kier molecular flexibility index (Phi) is 4.69. The SMILES string of the molecule is CN(CC(=O)N1CCCC(C(=O)O)C1)C(=O)c1ccc2nccn2c1. The first-order valence-corrected chi connectivity index (χ1v) is 8.14. The Labute approximate surface area is 144 Å². The molecule has 1 saturated heterocycles. The number of carbonyl (C=O) groups excluding carboxylic acids is 2. The lowest BCUT2D eigenvalue weighted by Crippen LogP contribution is -2.46. The summed E-state index contributed by atoms with van der Waals surface area (Å²) in [4.78, 5) is 43.1. The van der Waals surface area contributed by atoms with Crippen molar-refractivity contribution in [2.24, 2.45) is 5.92 Å². The van der Waals surface area contributed by atoms with Gasteiger partial charge >= 0.3 is 5.97 Å². The topological polar surface area (TPSA) is 95.2 Å². The van der Waals surface area contributed by atoms with E-state index in [1.165, 1.54) is 9.80 Å². The number of amides is 2. The molecule has 3 heterocycles. The molecule has 0 spiro atoms. The maximum atomic E-state index is 12.5. The van der Waals surface area contributed by atoms with E-state index in [1.54, 1.807) is 42.2 Å². The van der Waals surface area contributed by atoms with Crippen LogP contribution in [0.25, 0.3) is 5.65 Å². The number of fused-ring (bicyclic) bond motifs is 1. The average molecular weight is 344 g/mol. The molecule has 0 bridgehead atoms. The summed E-state index contributed by atoms with van der Waals surface area (Å²) in [5, 5.41) is 9.12. The first-order chi connectivity index (χ1) is 12.0. The van der Waals surface area contributed by atoms with Crippen molar-refractivity contribution < 1.29 is 19.5 Å². The van der Waals surface area contributed by atoms with Crippen LogP contribution in [-0.4, -0.2) is 68.8 Å². The van der Waals surface area contributed by atoms with Gasteiger partial charge in [-0.25, -0.2) is 4.98 Å². The van der Waals surface area contributed by atoms with E-state index in [9.17, 15) is 14.4 Å². The molecule has 1 fully saturated rings. The van der Waals surface area contributed by atoms with E-state index in [4.69, 9.17) is 5.11 Å². The molecule has 1 N–H and O–H groups in total. The third-order valence-corrected chi connectivity index (χ3v) is 4.48. The van der Waals surface area contributed by atoms with Crippen LogP contribution in [0, 0.1) is 5.92 Å². The van der Waals surface area contributed by atoms with Crippen LogP contribution < -0.4 is 0 Å². The monoisotopic (exact) mass is 344 g/mol. The Morgan fingerprint density at radius 3 is 2.92 bits per heavy atom. The predicted molar refractivity (Wildman–Crippen MR) is 89.1 cm³/mol. The van der Waals surface area contributed by atoms with Crippen molar-refractivity contribution >= 4 is 23.4 Å². The first kappa shape index (κ1) is 16.9. The molecule has 132 valence electrons. The van der Waals surface area contributed by atoms with Gasteiger partial charge < -0.3 is 19.3 Å². The van der Waals surface area contributed by atoms with Crippen molar-refractivity contribution in [3.63, 3.8) is 0 Å². The summed E-state index contributed by atoms with van der Waals surface area (Å²) in [6, 6.07) is 3.41. The summed E-state index contributed by atoms with van der Waals surface area (Å²) in [6.45, 7) is 0.663. The van der Waals surface area contributed by atoms with Gasteiger partial charge in [0.1, 0.15) is 5.65 Å². The van der Waals surface area contributed by atoms with Crippen LogP contribution in [0.1, 0.15) is 23.2 Å². The quantitative estimate of drug-likeness (QED) is 0.882. The summed E-state index contributed by atoms with van der Waals surface area (Å²) in [7, 11) is 1.57. The molecule has 0 radical (unpaired) electrons. The summed E-state index contributed by atoms with van der Waals surface area (Å²) < 4.78 is 1.74. The number of aliphatic carboxylic acids is 1. The summed E-state index contributed by atoms with van der Waals surface area (Å²) in [5.41, 5.74) is 1.20. The van der Waals surface area contributed by atoms with Gasteiger partial charge in [0.15, 0.2) is 0 Å². The van der Waals surface area contributed by atoms with E-state index < -0.39 is 11.9 Å². The van der Waals surface area contributed by atoms with E-state index in [0.717, 1.165) is 5.65 Å². The number of nitrogens with zero attached hydrogens (tertiary/aromatic N) is 4. The summed E-state index contributed by atoms with van der Waals surface area (Å²) >= 11 is 0. The number of likely N-dealkylation sites (N-methyl/N-ethyl adjacent to an activating group) is 1. The third kappa shape index (κ3) is 3.62. The van der Waals surface area contributed by atoms with Crippen LogP contribution in [0.5, 0.6) is 0 Å². The second kappa shape index (κ2) is 6.92. The van der Waals surface area contributed by atoms with Crippen LogP contribution in [0.2, 0.25) is 0 Å². The minimum Gasteiger partial charge on any atom is -0.481 e. The number of carboxylic acids is 1. The number of piperidine rings is 1. The second-order valence-corrected chi connectivity index (χ2v) is 6.29. The molecular weight excluding hydrogens is 324 g/mol. The van der Waals surface area contributed by atoms with Crippen molar-refractivity contribution in [3.8, 4) is 0 Å². The van der Waals surface area contributed by atoms with Crippen LogP contribution >= 0.6 is 0 Å². The number of carboxylic acid groups (broad SMARTS) is 1. The number of likely N-dealkylation sites (tertiary alicyclic amines) is 1. The van der Waals surface area contributed by atoms with E-state index in [-0.39, 0.29) is 24.9 Å². The molecular formula is C17H20N4O4.